The molecule has 3 amide bonds. The molecule has 1 fully saturated rings. The number of benzene rings is 1. The Hall–Kier alpha value is -2.91. The summed E-state index contributed by atoms with van der Waals surface area (Å²) in [5.74, 6) is -2.24. The summed E-state index contributed by atoms with van der Waals surface area (Å²) < 4.78 is 1.03. The number of aliphatic carboxylic acids is 1. The van der Waals surface area contributed by atoms with Crippen LogP contribution in [-0.4, -0.2) is 87.8 Å². The molecule has 1 aliphatic rings. The zero-order valence-corrected chi connectivity index (χ0v) is 27.5. The van der Waals surface area contributed by atoms with Gasteiger partial charge in [-0.25, -0.2) is 9.21 Å². The van der Waals surface area contributed by atoms with Crippen LogP contribution in [0.5, 0.6) is 0 Å². The summed E-state index contributed by atoms with van der Waals surface area (Å²) in [5.41, 5.74) is -0.0423. The summed E-state index contributed by atoms with van der Waals surface area (Å²) >= 11 is 6.82. The van der Waals surface area contributed by atoms with E-state index in [1.54, 1.807) is 27.1 Å². The van der Waals surface area contributed by atoms with Crippen molar-refractivity contribution in [2.45, 2.75) is 97.8 Å². The molecule has 0 spiro atoms. The first kappa shape index (κ1) is 35.3. The fraction of sp³-hybridized carbons (Fsp3) is 0.625. The SMILES string of the molecule is CN[C@H](C(=O)N(Cl)[C@H](C(=O)N(C)[C@H](C=C(C)C(=O)N1CCC[C@H]1C(=O)O)C(C)C)C(C)(C)C)C(C)(C)c1ccccc1. The molecule has 2 rings (SSSR count). The third-order valence-electron chi connectivity index (χ3n) is 8.30. The van der Waals surface area contributed by atoms with Crippen molar-refractivity contribution in [1.82, 2.24) is 19.5 Å². The zero-order chi connectivity index (χ0) is 32.2. The highest BCUT2D eigenvalue weighted by Gasteiger charge is 2.46. The first-order valence-electron chi connectivity index (χ1n) is 14.6. The van der Waals surface area contributed by atoms with Crippen LogP contribution in [0, 0.1) is 11.3 Å². The normalized spacial score (nSPS) is 18.4. The summed E-state index contributed by atoms with van der Waals surface area (Å²) in [4.78, 5) is 56.0. The Morgan fingerprint density at radius 1 is 1.07 bits per heavy atom. The van der Waals surface area contributed by atoms with Gasteiger partial charge in [0.2, 0.25) is 11.8 Å². The molecule has 4 atom stereocenters. The maximum Gasteiger partial charge on any atom is 0.326 e. The fourth-order valence-electron chi connectivity index (χ4n) is 5.80. The summed E-state index contributed by atoms with van der Waals surface area (Å²) in [6.07, 6.45) is 2.77. The van der Waals surface area contributed by atoms with Crippen molar-refractivity contribution in [2.75, 3.05) is 20.6 Å². The summed E-state index contributed by atoms with van der Waals surface area (Å²) in [6.45, 7) is 15.4. The number of carboxylic acid groups (broad SMARTS) is 1. The van der Waals surface area contributed by atoms with Crippen LogP contribution in [0.15, 0.2) is 42.0 Å². The highest BCUT2D eigenvalue weighted by atomic mass is 35.5. The minimum atomic E-state index is -1.02. The van der Waals surface area contributed by atoms with Crippen LogP contribution in [0.25, 0.3) is 0 Å². The molecule has 234 valence electrons. The second-order valence-corrected chi connectivity index (χ2v) is 13.6. The molecule has 1 aliphatic heterocycles. The quantitative estimate of drug-likeness (QED) is 0.285. The van der Waals surface area contributed by atoms with Gasteiger partial charge in [-0.05, 0) is 43.7 Å². The van der Waals surface area contributed by atoms with Crippen LogP contribution < -0.4 is 5.32 Å². The number of rotatable bonds is 11. The van der Waals surface area contributed by atoms with Gasteiger partial charge in [0.15, 0.2) is 0 Å². The highest BCUT2D eigenvalue weighted by Crippen LogP contribution is 2.33. The minimum absolute atomic E-state index is 0.0854. The lowest BCUT2D eigenvalue weighted by Crippen LogP contribution is -2.60. The summed E-state index contributed by atoms with van der Waals surface area (Å²) in [7, 11) is 3.35. The molecule has 1 aromatic rings. The van der Waals surface area contributed by atoms with Crippen molar-refractivity contribution in [1.29, 1.82) is 0 Å². The highest BCUT2D eigenvalue weighted by molar-refractivity contribution is 6.24. The van der Waals surface area contributed by atoms with Gasteiger partial charge in [-0.3, -0.25) is 14.4 Å². The van der Waals surface area contributed by atoms with E-state index in [1.807, 2.05) is 78.8 Å². The maximum atomic E-state index is 14.2. The van der Waals surface area contributed by atoms with Gasteiger partial charge in [0.25, 0.3) is 5.91 Å². The van der Waals surface area contributed by atoms with Gasteiger partial charge >= 0.3 is 5.97 Å². The average molecular weight is 605 g/mol. The van der Waals surface area contributed by atoms with Crippen molar-refractivity contribution in [3.8, 4) is 0 Å². The number of amides is 3. The van der Waals surface area contributed by atoms with E-state index in [9.17, 15) is 24.3 Å². The van der Waals surface area contributed by atoms with E-state index in [-0.39, 0.29) is 17.7 Å². The predicted molar refractivity (Wildman–Crippen MR) is 166 cm³/mol. The van der Waals surface area contributed by atoms with Crippen molar-refractivity contribution < 1.29 is 24.3 Å². The van der Waals surface area contributed by atoms with Crippen molar-refractivity contribution in [3.05, 3.63) is 47.5 Å². The Morgan fingerprint density at radius 2 is 1.64 bits per heavy atom. The van der Waals surface area contributed by atoms with Gasteiger partial charge < -0.3 is 20.2 Å². The molecule has 42 heavy (non-hydrogen) atoms. The minimum Gasteiger partial charge on any atom is -0.480 e. The molecule has 0 aromatic heterocycles. The molecule has 0 saturated carbocycles. The fourth-order valence-corrected chi connectivity index (χ4v) is 6.27. The number of nitrogens with one attached hydrogen (secondary N) is 1. The van der Waals surface area contributed by atoms with Gasteiger partial charge in [-0.15, -0.1) is 0 Å². The summed E-state index contributed by atoms with van der Waals surface area (Å²) in [6, 6.07) is 6.59. The smallest absolute Gasteiger partial charge is 0.326 e. The number of hydrogen-bond donors (Lipinski definition) is 2. The van der Waals surface area contributed by atoms with E-state index in [4.69, 9.17) is 11.8 Å². The number of carbonyl (C=O) groups excluding carboxylic acids is 3. The van der Waals surface area contributed by atoms with Crippen LogP contribution in [0.2, 0.25) is 0 Å². The molecule has 1 heterocycles. The number of carboxylic acids is 1. The van der Waals surface area contributed by atoms with Crippen molar-refractivity contribution in [3.63, 3.8) is 0 Å². The molecular formula is C32H49ClN4O5. The average Bonchev–Trinajstić information content (AvgIpc) is 3.41. The van der Waals surface area contributed by atoms with Crippen LogP contribution in [-0.2, 0) is 24.6 Å². The van der Waals surface area contributed by atoms with E-state index in [0.717, 1.165) is 9.98 Å². The second-order valence-electron chi connectivity index (χ2n) is 13.3. The molecule has 0 bridgehead atoms. The molecule has 1 saturated heterocycles. The van der Waals surface area contributed by atoms with E-state index in [2.05, 4.69) is 5.32 Å². The molecule has 2 N–H and O–H groups in total. The number of likely N-dealkylation sites (tertiary alicyclic amines) is 1. The number of hydrogen-bond acceptors (Lipinski definition) is 5. The molecule has 1 aromatic carbocycles. The van der Waals surface area contributed by atoms with Gasteiger partial charge in [0.05, 0.1) is 12.1 Å². The van der Waals surface area contributed by atoms with Crippen molar-refractivity contribution >= 4 is 35.5 Å². The summed E-state index contributed by atoms with van der Waals surface area (Å²) in [5, 5.41) is 12.7. The Kier molecular flexibility index (Phi) is 11.8. The first-order chi connectivity index (χ1) is 19.4. The number of carbonyl (C=O) groups is 4. The number of likely N-dealkylation sites (N-methyl/N-ethyl adjacent to an activating group) is 2. The van der Waals surface area contributed by atoms with Gasteiger partial charge in [-0.2, -0.15) is 0 Å². The van der Waals surface area contributed by atoms with E-state index >= 15 is 0 Å². The third-order valence-corrected chi connectivity index (χ3v) is 8.66. The van der Waals surface area contributed by atoms with Crippen LogP contribution in [0.4, 0.5) is 0 Å². The lowest BCUT2D eigenvalue weighted by atomic mass is 9.76. The van der Waals surface area contributed by atoms with Crippen LogP contribution in [0.3, 0.4) is 0 Å². The molecule has 9 nitrogen and oxygen atoms in total. The lowest BCUT2D eigenvalue weighted by Gasteiger charge is -2.42. The van der Waals surface area contributed by atoms with Gasteiger partial charge in [0.1, 0.15) is 12.1 Å². The van der Waals surface area contributed by atoms with Crippen molar-refractivity contribution in [2.24, 2.45) is 11.3 Å². The molecule has 0 radical (unpaired) electrons. The Balaban J connectivity index is 2.41. The van der Waals surface area contributed by atoms with Gasteiger partial charge in [-0.1, -0.05) is 84.9 Å². The number of halogens is 1. The van der Waals surface area contributed by atoms with Crippen LogP contribution >= 0.6 is 11.8 Å². The van der Waals surface area contributed by atoms with E-state index in [1.165, 1.54) is 9.80 Å². The Morgan fingerprint density at radius 3 is 2.12 bits per heavy atom. The predicted octanol–water partition coefficient (Wildman–Crippen LogP) is 4.45. The lowest BCUT2D eigenvalue weighted by molar-refractivity contribution is -0.147. The van der Waals surface area contributed by atoms with Gasteiger partial charge in [0, 0.05) is 36.4 Å². The molecule has 10 heteroatoms. The number of nitrogens with zero attached hydrogens (tertiary/aromatic N) is 3. The monoisotopic (exact) mass is 604 g/mol. The van der Waals surface area contributed by atoms with Crippen LogP contribution in [0.1, 0.15) is 73.8 Å². The van der Waals surface area contributed by atoms with E-state index < -0.39 is 46.9 Å². The molecular weight excluding hydrogens is 556 g/mol. The Bertz CT molecular complexity index is 1160. The first-order valence-corrected chi connectivity index (χ1v) is 14.9. The van der Waals surface area contributed by atoms with E-state index in [0.29, 0.717) is 25.0 Å². The Labute approximate surface area is 256 Å². The largest absolute Gasteiger partial charge is 0.480 e. The second kappa shape index (κ2) is 14.0. The third kappa shape index (κ3) is 7.72. The molecule has 0 aliphatic carbocycles. The zero-order valence-electron chi connectivity index (χ0n) is 26.8. The molecule has 0 unspecified atom stereocenters. The standard InChI is InChI=1S/C32H49ClN4O5/c1-20(2)24(19-21(3)27(38)36-18-14-17-23(36)30(41)42)35(10)29(40)26(31(4,5)6)37(33)28(39)25(34-9)32(7,8)22-15-12-11-13-16-22/h11-13,15-16,19-20,23-26,34H,14,17-18H2,1-10H3,(H,41,42)/t23-,24+,25+,26+/m0/s1. The topological polar surface area (TPSA) is 110 Å². The maximum absolute atomic E-state index is 14.2.